The first-order chi connectivity index (χ1) is 13.0. The number of amides is 1. The third-order valence-electron chi connectivity index (χ3n) is 5.18. The van der Waals surface area contributed by atoms with Gasteiger partial charge in [0.1, 0.15) is 5.76 Å². The summed E-state index contributed by atoms with van der Waals surface area (Å²) < 4.78 is 5.86. The molecule has 2 aromatic rings. The Morgan fingerprint density at radius 2 is 1.89 bits per heavy atom. The number of benzene rings is 1. The topological polar surface area (TPSA) is 46.3 Å². The van der Waals surface area contributed by atoms with Gasteiger partial charge in [0, 0.05) is 28.3 Å². The third-order valence-corrected chi connectivity index (χ3v) is 6.85. The molecule has 1 amide bonds. The van der Waals surface area contributed by atoms with Gasteiger partial charge in [-0.15, -0.1) is 23.5 Å². The molecular formula is C21H28N2O2S2. The van der Waals surface area contributed by atoms with Crippen LogP contribution >= 0.6 is 23.5 Å². The summed E-state index contributed by atoms with van der Waals surface area (Å²) in [5.74, 6) is 2.92. The van der Waals surface area contributed by atoms with Gasteiger partial charge in [-0.05, 0) is 70.6 Å². The molecule has 1 fully saturated rings. The fourth-order valence-corrected chi connectivity index (χ4v) is 4.94. The Labute approximate surface area is 170 Å². The summed E-state index contributed by atoms with van der Waals surface area (Å²) >= 11 is 3.34. The molecule has 0 spiro atoms. The van der Waals surface area contributed by atoms with Crippen LogP contribution in [0.2, 0.25) is 0 Å². The lowest BCUT2D eigenvalue weighted by atomic mass is 9.98. The van der Waals surface area contributed by atoms with E-state index in [0.29, 0.717) is 29.5 Å². The van der Waals surface area contributed by atoms with E-state index < -0.39 is 0 Å². The van der Waals surface area contributed by atoms with Crippen LogP contribution in [-0.2, 0) is 10.5 Å². The molecular weight excluding hydrogens is 376 g/mol. The van der Waals surface area contributed by atoms with Crippen molar-refractivity contribution in [2.24, 2.45) is 0 Å². The van der Waals surface area contributed by atoms with Crippen LogP contribution in [0.1, 0.15) is 44.6 Å². The minimum Gasteiger partial charge on any atom is -0.441 e. The van der Waals surface area contributed by atoms with Gasteiger partial charge < -0.3 is 9.32 Å². The molecule has 0 bridgehead atoms. The maximum absolute atomic E-state index is 12.6. The molecule has 0 N–H and O–H groups in total. The second-order valence-electron chi connectivity index (χ2n) is 7.17. The third kappa shape index (κ3) is 4.91. The van der Waals surface area contributed by atoms with E-state index in [2.05, 4.69) is 42.1 Å². The predicted molar refractivity (Wildman–Crippen MR) is 114 cm³/mol. The lowest BCUT2D eigenvalue weighted by Gasteiger charge is -2.39. The van der Waals surface area contributed by atoms with Crippen LogP contribution in [0.25, 0.3) is 11.5 Å². The molecule has 1 aromatic heterocycles. The molecule has 0 saturated carbocycles. The van der Waals surface area contributed by atoms with Gasteiger partial charge >= 0.3 is 0 Å². The molecule has 0 aliphatic carbocycles. The number of aromatic nitrogens is 1. The lowest BCUT2D eigenvalue weighted by Crippen LogP contribution is -2.48. The molecule has 6 heteroatoms. The van der Waals surface area contributed by atoms with Crippen molar-refractivity contribution in [1.29, 1.82) is 0 Å². The molecule has 1 aromatic carbocycles. The molecule has 3 rings (SSSR count). The maximum Gasteiger partial charge on any atom is 0.233 e. The average Bonchev–Trinajstić information content (AvgIpc) is 3.02. The molecule has 27 heavy (non-hydrogen) atoms. The first kappa shape index (κ1) is 20.3. The van der Waals surface area contributed by atoms with Crippen molar-refractivity contribution in [3.05, 3.63) is 35.7 Å². The number of piperidine rings is 1. The normalized spacial score (nSPS) is 20.1. The quantitative estimate of drug-likeness (QED) is 0.604. The zero-order chi connectivity index (χ0) is 19.4. The Morgan fingerprint density at radius 3 is 2.52 bits per heavy atom. The molecule has 1 saturated heterocycles. The van der Waals surface area contributed by atoms with Crippen molar-refractivity contribution < 1.29 is 9.21 Å². The zero-order valence-corrected chi connectivity index (χ0v) is 18.2. The molecule has 0 unspecified atom stereocenters. The van der Waals surface area contributed by atoms with Crippen molar-refractivity contribution in [3.63, 3.8) is 0 Å². The summed E-state index contributed by atoms with van der Waals surface area (Å²) in [6.45, 7) is 6.27. The monoisotopic (exact) mass is 404 g/mol. The Kier molecular flexibility index (Phi) is 6.93. The van der Waals surface area contributed by atoms with E-state index in [1.54, 1.807) is 23.5 Å². The van der Waals surface area contributed by atoms with Crippen LogP contribution in [0.5, 0.6) is 0 Å². The van der Waals surface area contributed by atoms with Crippen molar-refractivity contribution >= 4 is 29.4 Å². The number of likely N-dealkylation sites (tertiary alicyclic amines) is 1. The highest BCUT2D eigenvalue weighted by molar-refractivity contribution is 7.99. The van der Waals surface area contributed by atoms with E-state index in [1.165, 1.54) is 11.3 Å². The second kappa shape index (κ2) is 9.20. The minimum absolute atomic E-state index is 0.244. The number of carbonyl (C=O) groups excluding carboxylic acids is 1. The van der Waals surface area contributed by atoms with Gasteiger partial charge in [-0.2, -0.15) is 0 Å². The van der Waals surface area contributed by atoms with Gasteiger partial charge in [0.25, 0.3) is 0 Å². The molecule has 146 valence electrons. The van der Waals surface area contributed by atoms with Crippen LogP contribution < -0.4 is 0 Å². The molecule has 0 radical (unpaired) electrons. The summed E-state index contributed by atoms with van der Waals surface area (Å²) in [6.07, 6.45) is 5.51. The SMILES string of the molecule is CSc1ccc(-c2nc(CSCC(=O)N3[C@H](C)CCC[C@@H]3C)c(C)o2)cc1. The number of oxazole rings is 1. The number of hydrogen-bond acceptors (Lipinski definition) is 5. The summed E-state index contributed by atoms with van der Waals surface area (Å²) in [5.41, 5.74) is 1.91. The molecule has 2 heterocycles. The summed E-state index contributed by atoms with van der Waals surface area (Å²) in [5, 5.41) is 0. The Bertz CT molecular complexity index is 763. The van der Waals surface area contributed by atoms with Crippen molar-refractivity contribution in [3.8, 4) is 11.5 Å². The smallest absolute Gasteiger partial charge is 0.233 e. The van der Waals surface area contributed by atoms with E-state index in [9.17, 15) is 4.79 Å². The largest absolute Gasteiger partial charge is 0.441 e. The zero-order valence-electron chi connectivity index (χ0n) is 16.5. The summed E-state index contributed by atoms with van der Waals surface area (Å²) in [4.78, 5) is 20.6. The fourth-order valence-electron chi connectivity index (χ4n) is 3.64. The Morgan fingerprint density at radius 1 is 1.22 bits per heavy atom. The van der Waals surface area contributed by atoms with Gasteiger partial charge in [-0.1, -0.05) is 0 Å². The van der Waals surface area contributed by atoms with Crippen molar-refractivity contribution in [2.45, 2.75) is 62.8 Å². The first-order valence-electron chi connectivity index (χ1n) is 9.49. The van der Waals surface area contributed by atoms with E-state index in [1.807, 2.05) is 19.1 Å². The van der Waals surface area contributed by atoms with Crippen LogP contribution in [-0.4, -0.2) is 39.9 Å². The summed E-state index contributed by atoms with van der Waals surface area (Å²) in [7, 11) is 0. The van der Waals surface area contributed by atoms with Crippen molar-refractivity contribution in [2.75, 3.05) is 12.0 Å². The number of hydrogen-bond donors (Lipinski definition) is 0. The minimum atomic E-state index is 0.244. The van der Waals surface area contributed by atoms with E-state index in [-0.39, 0.29) is 5.91 Å². The molecule has 4 nitrogen and oxygen atoms in total. The lowest BCUT2D eigenvalue weighted by molar-refractivity contribution is -0.134. The number of aryl methyl sites for hydroxylation is 1. The van der Waals surface area contributed by atoms with Crippen LogP contribution in [0.3, 0.4) is 0 Å². The predicted octanol–water partition coefficient (Wildman–Crippen LogP) is 5.39. The Balaban J connectivity index is 1.58. The van der Waals surface area contributed by atoms with Crippen LogP contribution in [0.15, 0.2) is 33.6 Å². The standard InChI is InChI=1S/C21H28N2O2S2/c1-14-6-5-7-15(2)23(14)20(24)13-27-12-19-16(3)25-21(22-19)17-8-10-18(26-4)11-9-17/h8-11,14-15H,5-7,12-13H2,1-4H3/t14-,15+. The Hall–Kier alpha value is -1.40. The number of nitrogens with zero attached hydrogens (tertiary/aromatic N) is 2. The average molecular weight is 405 g/mol. The highest BCUT2D eigenvalue weighted by Crippen LogP contribution is 2.27. The fraction of sp³-hybridized carbons (Fsp3) is 0.524. The molecule has 1 aliphatic rings. The molecule has 2 atom stereocenters. The maximum atomic E-state index is 12.6. The van der Waals surface area contributed by atoms with Gasteiger partial charge in [-0.25, -0.2) is 4.98 Å². The summed E-state index contributed by atoms with van der Waals surface area (Å²) in [6, 6.07) is 8.94. The van der Waals surface area contributed by atoms with Crippen molar-refractivity contribution in [1.82, 2.24) is 9.88 Å². The van der Waals surface area contributed by atoms with Gasteiger partial charge in [0.2, 0.25) is 11.8 Å². The highest BCUT2D eigenvalue weighted by atomic mass is 32.2. The first-order valence-corrected chi connectivity index (χ1v) is 11.9. The van der Waals surface area contributed by atoms with Crippen LogP contribution in [0, 0.1) is 6.92 Å². The molecule has 1 aliphatic heterocycles. The van der Waals surface area contributed by atoms with E-state index in [4.69, 9.17) is 4.42 Å². The second-order valence-corrected chi connectivity index (χ2v) is 9.04. The number of carbonyl (C=O) groups is 1. The van der Waals surface area contributed by atoms with E-state index >= 15 is 0 Å². The van der Waals surface area contributed by atoms with Gasteiger partial charge in [-0.3, -0.25) is 4.79 Å². The van der Waals surface area contributed by atoms with E-state index in [0.717, 1.165) is 29.9 Å². The van der Waals surface area contributed by atoms with Gasteiger partial charge in [0.05, 0.1) is 11.4 Å². The van der Waals surface area contributed by atoms with Crippen LogP contribution in [0.4, 0.5) is 0 Å². The number of thioether (sulfide) groups is 2. The number of rotatable bonds is 6. The highest BCUT2D eigenvalue weighted by Gasteiger charge is 2.28. The van der Waals surface area contributed by atoms with Gasteiger partial charge in [0.15, 0.2) is 0 Å².